The van der Waals surface area contributed by atoms with Gasteiger partial charge in [-0.15, -0.1) is 0 Å². The van der Waals surface area contributed by atoms with Gasteiger partial charge in [0.05, 0.1) is 31.5 Å². The summed E-state index contributed by atoms with van der Waals surface area (Å²) in [6, 6.07) is 11.4. The van der Waals surface area contributed by atoms with Crippen LogP contribution in [-0.2, 0) is 11.2 Å². The normalized spacial score (nSPS) is 11.1. The van der Waals surface area contributed by atoms with Gasteiger partial charge in [-0.05, 0) is 55.7 Å². The summed E-state index contributed by atoms with van der Waals surface area (Å²) in [6.45, 7) is 5.73. The second kappa shape index (κ2) is 12.7. The molecule has 0 saturated heterocycles. The number of halogens is 1. The Balaban J connectivity index is 1.83. The van der Waals surface area contributed by atoms with E-state index in [2.05, 4.69) is 20.9 Å². The van der Waals surface area contributed by atoms with Gasteiger partial charge in [-0.1, -0.05) is 23.7 Å². The molecule has 3 N–H and O–H groups in total. The van der Waals surface area contributed by atoms with Gasteiger partial charge in [0.15, 0.2) is 17.5 Å². The highest BCUT2D eigenvalue weighted by atomic mass is 35.5. The molecule has 2 aromatic rings. The molecule has 7 nitrogen and oxygen atoms in total. The minimum absolute atomic E-state index is 0.129. The maximum atomic E-state index is 12.2. The molecule has 2 aromatic carbocycles. The summed E-state index contributed by atoms with van der Waals surface area (Å²) in [6.07, 6.45) is 1.05. The molecule has 1 amide bonds. The average molecular weight is 447 g/mol. The van der Waals surface area contributed by atoms with Gasteiger partial charge in [-0.3, -0.25) is 9.79 Å². The molecule has 0 aromatic heterocycles. The summed E-state index contributed by atoms with van der Waals surface area (Å²) in [4.78, 5) is 16.7. The van der Waals surface area contributed by atoms with E-state index in [1.54, 1.807) is 20.3 Å². The van der Waals surface area contributed by atoms with Gasteiger partial charge >= 0.3 is 0 Å². The maximum Gasteiger partial charge on any atom is 0.226 e. The molecule has 0 aliphatic heterocycles. The number of aryl methyl sites for hydroxylation is 1. The minimum Gasteiger partial charge on any atom is -0.493 e. The highest BCUT2D eigenvalue weighted by molar-refractivity contribution is 6.33. The quantitative estimate of drug-likeness (QED) is 0.382. The molecule has 0 bridgehead atoms. The lowest BCUT2D eigenvalue weighted by atomic mass is 10.1. The average Bonchev–Trinajstić information content (AvgIpc) is 2.75. The van der Waals surface area contributed by atoms with E-state index < -0.39 is 0 Å². The van der Waals surface area contributed by atoms with Gasteiger partial charge in [0.2, 0.25) is 5.91 Å². The third-order valence-electron chi connectivity index (χ3n) is 4.51. The van der Waals surface area contributed by atoms with Gasteiger partial charge < -0.3 is 25.4 Å². The molecule has 168 valence electrons. The van der Waals surface area contributed by atoms with Crippen molar-refractivity contribution in [3.63, 3.8) is 0 Å². The van der Waals surface area contributed by atoms with Gasteiger partial charge in [-0.25, -0.2) is 0 Å². The van der Waals surface area contributed by atoms with Crippen molar-refractivity contribution in [1.29, 1.82) is 0 Å². The number of aliphatic imine (C=N–C) groups is 1. The number of benzene rings is 2. The van der Waals surface area contributed by atoms with Crippen molar-refractivity contribution < 1.29 is 14.3 Å². The summed E-state index contributed by atoms with van der Waals surface area (Å²) >= 11 is 6.17. The standard InChI is InChI=1S/C23H31ClN4O3/c1-5-25-23(26-12-10-17-7-9-20(30-3)21(15-17)31-4)27-13-11-22(29)28-19-8-6-16(2)14-18(19)24/h6-9,14-15H,5,10-13H2,1-4H3,(H,28,29)(H2,25,26,27). The van der Waals surface area contributed by atoms with E-state index in [1.807, 2.05) is 44.2 Å². The van der Waals surface area contributed by atoms with E-state index in [0.29, 0.717) is 41.3 Å². The van der Waals surface area contributed by atoms with Crippen molar-refractivity contribution in [3.8, 4) is 11.5 Å². The molecule has 0 aliphatic rings. The number of amides is 1. The molecule has 0 spiro atoms. The number of nitrogens with zero attached hydrogens (tertiary/aromatic N) is 1. The molecular formula is C23H31ClN4O3. The van der Waals surface area contributed by atoms with Crippen LogP contribution in [0.25, 0.3) is 0 Å². The van der Waals surface area contributed by atoms with Crippen LogP contribution in [-0.4, -0.2) is 45.7 Å². The number of guanidine groups is 1. The van der Waals surface area contributed by atoms with Crippen molar-refractivity contribution in [3.05, 3.63) is 52.5 Å². The molecule has 2 rings (SSSR count). The molecule has 0 unspecified atom stereocenters. The predicted octanol–water partition coefficient (Wildman–Crippen LogP) is 3.79. The molecule has 0 atom stereocenters. The number of anilines is 1. The third kappa shape index (κ3) is 8.02. The Kier molecular flexibility index (Phi) is 9.97. The molecule has 8 heteroatoms. The zero-order valence-electron chi connectivity index (χ0n) is 18.5. The molecule has 0 saturated carbocycles. The van der Waals surface area contributed by atoms with Gasteiger partial charge in [0.25, 0.3) is 0 Å². The summed E-state index contributed by atoms with van der Waals surface area (Å²) in [5.41, 5.74) is 2.78. The van der Waals surface area contributed by atoms with Crippen LogP contribution in [0.15, 0.2) is 41.4 Å². The zero-order valence-corrected chi connectivity index (χ0v) is 19.3. The van der Waals surface area contributed by atoms with E-state index in [9.17, 15) is 4.79 Å². The second-order valence-corrected chi connectivity index (χ2v) is 7.32. The Hall–Kier alpha value is -2.93. The number of methoxy groups -OCH3 is 2. The lowest BCUT2D eigenvalue weighted by Gasteiger charge is -2.13. The summed E-state index contributed by atoms with van der Waals surface area (Å²) in [7, 11) is 3.24. The summed E-state index contributed by atoms with van der Waals surface area (Å²) in [5, 5.41) is 9.83. The fraction of sp³-hybridized carbons (Fsp3) is 0.391. The van der Waals surface area contributed by atoms with Crippen molar-refractivity contribution >= 4 is 29.2 Å². The Morgan fingerprint density at radius 3 is 2.52 bits per heavy atom. The first-order valence-electron chi connectivity index (χ1n) is 10.3. The number of rotatable bonds is 10. The van der Waals surface area contributed by atoms with Gasteiger partial charge in [0.1, 0.15) is 0 Å². The van der Waals surface area contributed by atoms with Crippen LogP contribution in [0.5, 0.6) is 11.5 Å². The minimum atomic E-state index is -0.129. The van der Waals surface area contributed by atoms with Crippen LogP contribution >= 0.6 is 11.6 Å². The van der Waals surface area contributed by atoms with E-state index in [1.165, 1.54) is 0 Å². The Labute approximate surface area is 189 Å². The van der Waals surface area contributed by atoms with Crippen LogP contribution in [0.2, 0.25) is 5.02 Å². The Bertz CT molecular complexity index is 902. The highest BCUT2D eigenvalue weighted by Crippen LogP contribution is 2.27. The fourth-order valence-corrected chi connectivity index (χ4v) is 3.19. The number of nitrogens with one attached hydrogen (secondary N) is 3. The van der Waals surface area contributed by atoms with Crippen LogP contribution < -0.4 is 25.4 Å². The largest absolute Gasteiger partial charge is 0.493 e. The topological polar surface area (TPSA) is 84.0 Å². The second-order valence-electron chi connectivity index (χ2n) is 6.91. The number of carbonyl (C=O) groups excluding carboxylic acids is 1. The van der Waals surface area contributed by atoms with E-state index in [0.717, 1.165) is 24.1 Å². The summed E-state index contributed by atoms with van der Waals surface area (Å²) < 4.78 is 10.6. The molecule has 0 fully saturated rings. The van der Waals surface area contributed by atoms with Gasteiger partial charge in [0, 0.05) is 19.5 Å². The molecular weight excluding hydrogens is 416 g/mol. The maximum absolute atomic E-state index is 12.2. The predicted molar refractivity (Wildman–Crippen MR) is 127 cm³/mol. The first-order chi connectivity index (χ1) is 15.0. The van der Waals surface area contributed by atoms with Crippen molar-refractivity contribution in [2.45, 2.75) is 26.7 Å². The van der Waals surface area contributed by atoms with E-state index in [4.69, 9.17) is 21.1 Å². The molecule has 31 heavy (non-hydrogen) atoms. The smallest absolute Gasteiger partial charge is 0.226 e. The lowest BCUT2D eigenvalue weighted by Crippen LogP contribution is -2.38. The zero-order chi connectivity index (χ0) is 22.6. The van der Waals surface area contributed by atoms with Crippen LogP contribution in [0.4, 0.5) is 5.69 Å². The number of carbonyl (C=O) groups is 1. The van der Waals surface area contributed by atoms with Crippen molar-refractivity contribution in [2.75, 3.05) is 39.2 Å². The number of hydrogen-bond donors (Lipinski definition) is 3. The first kappa shape index (κ1) is 24.3. The Morgan fingerprint density at radius 1 is 1.06 bits per heavy atom. The molecule has 0 radical (unpaired) electrons. The highest BCUT2D eigenvalue weighted by Gasteiger charge is 2.07. The molecule has 0 aliphatic carbocycles. The monoisotopic (exact) mass is 446 g/mol. The number of ether oxygens (including phenoxy) is 2. The summed E-state index contributed by atoms with van der Waals surface area (Å²) in [5.74, 6) is 1.96. The van der Waals surface area contributed by atoms with E-state index in [-0.39, 0.29) is 12.3 Å². The van der Waals surface area contributed by atoms with Crippen LogP contribution in [0.1, 0.15) is 24.5 Å². The van der Waals surface area contributed by atoms with Crippen molar-refractivity contribution in [2.24, 2.45) is 4.99 Å². The van der Waals surface area contributed by atoms with E-state index >= 15 is 0 Å². The number of hydrogen-bond acceptors (Lipinski definition) is 4. The first-order valence-corrected chi connectivity index (χ1v) is 10.6. The van der Waals surface area contributed by atoms with Crippen LogP contribution in [0.3, 0.4) is 0 Å². The Morgan fingerprint density at radius 2 is 1.84 bits per heavy atom. The lowest BCUT2D eigenvalue weighted by molar-refractivity contribution is -0.116. The van der Waals surface area contributed by atoms with Gasteiger partial charge in [-0.2, -0.15) is 0 Å². The van der Waals surface area contributed by atoms with Crippen molar-refractivity contribution in [1.82, 2.24) is 10.6 Å². The fourth-order valence-electron chi connectivity index (χ4n) is 2.91. The van der Waals surface area contributed by atoms with Crippen LogP contribution in [0, 0.1) is 6.92 Å². The third-order valence-corrected chi connectivity index (χ3v) is 4.82. The SMILES string of the molecule is CCNC(=NCCC(=O)Nc1ccc(C)cc1Cl)NCCc1ccc(OC)c(OC)c1. The molecule has 0 heterocycles.